The van der Waals surface area contributed by atoms with Gasteiger partial charge in [0.2, 0.25) is 5.91 Å². The van der Waals surface area contributed by atoms with Crippen LogP contribution in [0.15, 0.2) is 24.3 Å². The molecular weight excluding hydrogens is 413 g/mol. The third-order valence-electron chi connectivity index (χ3n) is 6.40. The smallest absolute Gasteiger partial charge is 0.259 e. The van der Waals surface area contributed by atoms with Crippen molar-refractivity contribution in [3.63, 3.8) is 0 Å². The maximum absolute atomic E-state index is 14.1. The average Bonchev–Trinajstić information content (AvgIpc) is 3.08. The summed E-state index contributed by atoms with van der Waals surface area (Å²) in [4.78, 5) is 29.4. The monoisotopic (exact) mass is 443 g/mol. The molecule has 0 unspecified atom stereocenters. The molecule has 0 spiro atoms. The molecule has 0 radical (unpaired) electrons. The number of carbonyl (C=O) groups is 2. The number of benzene rings is 1. The van der Waals surface area contributed by atoms with Crippen molar-refractivity contribution in [3.8, 4) is 0 Å². The second kappa shape index (κ2) is 9.49. The zero-order chi connectivity index (χ0) is 22.0. The Balaban J connectivity index is 1.57. The Morgan fingerprint density at radius 1 is 1.16 bits per heavy atom. The first-order chi connectivity index (χ1) is 14.9. The summed E-state index contributed by atoms with van der Waals surface area (Å²) in [5.74, 6) is -0.385. The van der Waals surface area contributed by atoms with Gasteiger partial charge in [-0.3, -0.25) is 14.5 Å². The second-order valence-corrected chi connectivity index (χ2v) is 9.96. The van der Waals surface area contributed by atoms with Crippen molar-refractivity contribution in [2.24, 2.45) is 5.92 Å². The number of anilines is 2. The van der Waals surface area contributed by atoms with Gasteiger partial charge in [-0.15, -0.1) is 11.3 Å². The number of thiophene rings is 1. The summed E-state index contributed by atoms with van der Waals surface area (Å²) in [6.45, 7) is 5.62. The lowest BCUT2D eigenvalue weighted by atomic mass is 9.88. The lowest BCUT2D eigenvalue weighted by Crippen LogP contribution is -2.42. The topological polar surface area (TPSA) is 61.4 Å². The maximum Gasteiger partial charge on any atom is 0.259 e. The van der Waals surface area contributed by atoms with Gasteiger partial charge in [0.05, 0.1) is 17.8 Å². The standard InChI is InChI=1S/C24H30FN3O2S/c1-15-10-11-17-20(13-15)31-24(27-21(29)14-28-12-6-5-7-16(28)2)22(17)23(30)26-19-9-4-3-8-18(19)25/h3-4,8-9,15-16H,5-7,10-14H2,1-2H3,(H,26,30)(H,27,29)/t15-,16+/m0/s1. The first-order valence-electron chi connectivity index (χ1n) is 11.2. The molecule has 2 heterocycles. The highest BCUT2D eigenvalue weighted by Gasteiger charge is 2.29. The number of nitrogens with zero attached hydrogens (tertiary/aromatic N) is 1. The number of hydrogen-bond donors (Lipinski definition) is 2. The number of halogens is 1. The molecule has 0 saturated carbocycles. The molecule has 1 aromatic heterocycles. The lowest BCUT2D eigenvalue weighted by molar-refractivity contribution is -0.118. The van der Waals surface area contributed by atoms with Gasteiger partial charge in [0, 0.05) is 10.9 Å². The van der Waals surface area contributed by atoms with E-state index in [0.29, 0.717) is 29.1 Å². The fraction of sp³-hybridized carbons (Fsp3) is 0.500. The molecule has 2 aliphatic rings. The van der Waals surface area contributed by atoms with Crippen LogP contribution in [0.3, 0.4) is 0 Å². The maximum atomic E-state index is 14.1. The van der Waals surface area contributed by atoms with Crippen LogP contribution in [-0.2, 0) is 17.6 Å². The minimum absolute atomic E-state index is 0.0969. The number of hydrogen-bond acceptors (Lipinski definition) is 4. The Morgan fingerprint density at radius 3 is 2.74 bits per heavy atom. The Labute approximate surface area is 187 Å². The van der Waals surface area contributed by atoms with Crippen molar-refractivity contribution < 1.29 is 14.0 Å². The molecule has 1 saturated heterocycles. The number of piperidine rings is 1. The predicted molar refractivity (Wildman–Crippen MR) is 123 cm³/mol. The molecule has 1 aliphatic heterocycles. The molecule has 2 atom stereocenters. The summed E-state index contributed by atoms with van der Waals surface area (Å²) in [6, 6.07) is 6.53. The van der Waals surface area contributed by atoms with Crippen LogP contribution in [0.1, 0.15) is 60.3 Å². The molecule has 1 aromatic carbocycles. The van der Waals surface area contributed by atoms with Crippen molar-refractivity contribution in [1.82, 2.24) is 4.90 Å². The van der Waals surface area contributed by atoms with Gasteiger partial charge < -0.3 is 10.6 Å². The van der Waals surface area contributed by atoms with Gasteiger partial charge in [0.1, 0.15) is 10.8 Å². The van der Waals surface area contributed by atoms with Crippen molar-refractivity contribution in [1.29, 1.82) is 0 Å². The number of carbonyl (C=O) groups excluding carboxylic acids is 2. The highest BCUT2D eigenvalue weighted by Crippen LogP contribution is 2.40. The van der Waals surface area contributed by atoms with Gasteiger partial charge in [-0.1, -0.05) is 25.5 Å². The van der Waals surface area contributed by atoms with Crippen molar-refractivity contribution in [3.05, 3.63) is 46.1 Å². The van der Waals surface area contributed by atoms with E-state index in [0.717, 1.165) is 49.1 Å². The Morgan fingerprint density at radius 2 is 1.97 bits per heavy atom. The molecule has 5 nitrogen and oxygen atoms in total. The molecular formula is C24H30FN3O2S. The number of amides is 2. The molecule has 4 rings (SSSR count). The molecule has 166 valence electrons. The minimum Gasteiger partial charge on any atom is -0.319 e. The van der Waals surface area contributed by atoms with Crippen molar-refractivity contribution >= 4 is 33.8 Å². The van der Waals surface area contributed by atoms with E-state index >= 15 is 0 Å². The number of fused-ring (bicyclic) bond motifs is 1. The first kappa shape index (κ1) is 22.0. The zero-order valence-electron chi connectivity index (χ0n) is 18.2. The zero-order valence-corrected chi connectivity index (χ0v) is 19.0. The van der Waals surface area contributed by atoms with Crippen LogP contribution in [0.2, 0.25) is 0 Å². The van der Waals surface area contributed by atoms with E-state index in [9.17, 15) is 14.0 Å². The molecule has 0 bridgehead atoms. The van der Waals surface area contributed by atoms with Gasteiger partial charge in [0.15, 0.2) is 0 Å². The van der Waals surface area contributed by atoms with Gasteiger partial charge >= 0.3 is 0 Å². The van der Waals surface area contributed by atoms with Crippen molar-refractivity contribution in [2.75, 3.05) is 23.7 Å². The molecule has 2 N–H and O–H groups in total. The Hall–Kier alpha value is -2.25. The fourth-order valence-corrected chi connectivity index (χ4v) is 5.99. The summed E-state index contributed by atoms with van der Waals surface area (Å²) in [5, 5.41) is 6.31. The molecule has 1 aliphatic carbocycles. The second-order valence-electron chi connectivity index (χ2n) is 8.85. The van der Waals surface area contributed by atoms with Crippen LogP contribution in [0.25, 0.3) is 0 Å². The largest absolute Gasteiger partial charge is 0.319 e. The Bertz CT molecular complexity index is 974. The number of nitrogens with one attached hydrogen (secondary N) is 2. The van der Waals surface area contributed by atoms with Crippen LogP contribution >= 0.6 is 11.3 Å². The van der Waals surface area contributed by atoms with Crippen LogP contribution < -0.4 is 10.6 Å². The van der Waals surface area contributed by atoms with Crippen molar-refractivity contribution in [2.45, 2.75) is 58.4 Å². The summed E-state index contributed by atoms with van der Waals surface area (Å²) in [5.41, 5.74) is 1.64. The fourth-order valence-electron chi connectivity index (χ4n) is 4.57. The van der Waals surface area contributed by atoms with Crippen LogP contribution in [-0.4, -0.2) is 35.8 Å². The van der Waals surface area contributed by atoms with Crippen LogP contribution in [0.4, 0.5) is 15.1 Å². The molecule has 7 heteroatoms. The predicted octanol–water partition coefficient (Wildman–Crippen LogP) is 5.08. The van der Waals surface area contributed by atoms with Crippen LogP contribution in [0.5, 0.6) is 0 Å². The number of para-hydroxylation sites is 1. The molecule has 2 aromatic rings. The number of rotatable bonds is 5. The van der Waals surface area contributed by atoms with Crippen LogP contribution in [0, 0.1) is 11.7 Å². The summed E-state index contributed by atoms with van der Waals surface area (Å²) in [7, 11) is 0. The van der Waals surface area contributed by atoms with E-state index < -0.39 is 5.82 Å². The quantitative estimate of drug-likeness (QED) is 0.678. The van der Waals surface area contributed by atoms with E-state index in [2.05, 4.69) is 29.4 Å². The summed E-state index contributed by atoms with van der Waals surface area (Å²) < 4.78 is 14.1. The Kier molecular flexibility index (Phi) is 6.72. The third-order valence-corrected chi connectivity index (χ3v) is 7.57. The average molecular weight is 444 g/mol. The summed E-state index contributed by atoms with van der Waals surface area (Å²) >= 11 is 1.49. The van der Waals surface area contributed by atoms with Gasteiger partial charge in [0.25, 0.3) is 5.91 Å². The molecule has 1 fully saturated rings. The number of likely N-dealkylation sites (tertiary alicyclic amines) is 1. The highest BCUT2D eigenvalue weighted by atomic mass is 32.1. The molecule has 31 heavy (non-hydrogen) atoms. The van der Waals surface area contributed by atoms with E-state index in [1.54, 1.807) is 18.2 Å². The first-order valence-corrected chi connectivity index (χ1v) is 12.0. The van der Waals surface area contributed by atoms with E-state index in [1.165, 1.54) is 23.8 Å². The molecule has 2 amide bonds. The van der Waals surface area contributed by atoms with E-state index in [1.807, 2.05) is 0 Å². The highest BCUT2D eigenvalue weighted by molar-refractivity contribution is 7.17. The normalized spacial score (nSPS) is 21.4. The third kappa shape index (κ3) is 4.99. The minimum atomic E-state index is -0.474. The lowest BCUT2D eigenvalue weighted by Gasteiger charge is -2.32. The SMILES string of the molecule is C[C@H]1CCc2c(sc(NC(=O)CN3CCCC[C@H]3C)c2C(=O)Nc2ccccc2F)C1. The van der Waals surface area contributed by atoms with E-state index in [4.69, 9.17) is 0 Å². The van der Waals surface area contributed by atoms with Gasteiger partial charge in [-0.05, 0) is 69.2 Å². The summed E-state index contributed by atoms with van der Waals surface area (Å²) in [6.07, 6.45) is 6.12. The van der Waals surface area contributed by atoms with Gasteiger partial charge in [-0.2, -0.15) is 0 Å². The van der Waals surface area contributed by atoms with Gasteiger partial charge in [-0.25, -0.2) is 4.39 Å². The van der Waals surface area contributed by atoms with E-state index in [-0.39, 0.29) is 17.5 Å².